The number of methoxy groups -OCH3 is 1. The van der Waals surface area contributed by atoms with Crippen LogP contribution in [0.5, 0.6) is 0 Å². The molecular weight excluding hydrogens is 194 g/mol. The molecule has 4 heteroatoms. The van der Waals surface area contributed by atoms with Crippen molar-refractivity contribution < 1.29 is 14.3 Å². The second-order valence-corrected chi connectivity index (χ2v) is 3.20. The molecular formula is C11H13NO3. The number of nitrogens with one attached hydrogen (secondary N) is 1. The van der Waals surface area contributed by atoms with Crippen LogP contribution in [-0.4, -0.2) is 19.0 Å². The second kappa shape index (κ2) is 4.59. The SMILES string of the molecule is COC(=O)c1ccc(NC(C)=O)cc1C. The summed E-state index contributed by atoms with van der Waals surface area (Å²) in [4.78, 5) is 22.1. The van der Waals surface area contributed by atoms with Gasteiger partial charge in [-0.25, -0.2) is 4.79 Å². The number of rotatable bonds is 2. The van der Waals surface area contributed by atoms with Gasteiger partial charge in [-0.2, -0.15) is 0 Å². The summed E-state index contributed by atoms with van der Waals surface area (Å²) in [6, 6.07) is 5.03. The van der Waals surface area contributed by atoms with E-state index in [2.05, 4.69) is 10.1 Å². The molecule has 15 heavy (non-hydrogen) atoms. The number of anilines is 1. The minimum atomic E-state index is -0.373. The Morgan fingerprint density at radius 2 is 2.00 bits per heavy atom. The van der Waals surface area contributed by atoms with Crippen molar-refractivity contribution >= 4 is 17.6 Å². The Bertz CT molecular complexity index is 399. The molecule has 0 aliphatic heterocycles. The summed E-state index contributed by atoms with van der Waals surface area (Å²) in [7, 11) is 1.34. The van der Waals surface area contributed by atoms with Crippen molar-refractivity contribution in [1.29, 1.82) is 0 Å². The maximum absolute atomic E-state index is 11.3. The summed E-state index contributed by atoms with van der Waals surface area (Å²) in [5, 5.41) is 2.64. The first kappa shape index (κ1) is 11.2. The fourth-order valence-corrected chi connectivity index (χ4v) is 1.28. The summed E-state index contributed by atoms with van der Waals surface area (Å²) >= 11 is 0. The van der Waals surface area contributed by atoms with Gasteiger partial charge in [0.2, 0.25) is 5.91 Å². The van der Waals surface area contributed by atoms with Gasteiger partial charge in [0.1, 0.15) is 0 Å². The normalized spacial score (nSPS) is 9.53. The van der Waals surface area contributed by atoms with E-state index in [1.807, 2.05) is 0 Å². The molecule has 1 aromatic rings. The monoisotopic (exact) mass is 207 g/mol. The first-order valence-electron chi connectivity index (χ1n) is 4.51. The molecule has 0 bridgehead atoms. The average molecular weight is 207 g/mol. The third kappa shape index (κ3) is 2.80. The lowest BCUT2D eigenvalue weighted by Crippen LogP contribution is -2.08. The van der Waals surface area contributed by atoms with Gasteiger partial charge < -0.3 is 10.1 Å². The molecule has 0 saturated carbocycles. The molecule has 0 unspecified atom stereocenters. The van der Waals surface area contributed by atoms with Crippen LogP contribution in [0.3, 0.4) is 0 Å². The minimum Gasteiger partial charge on any atom is -0.465 e. The summed E-state index contributed by atoms with van der Waals surface area (Å²) in [6.07, 6.45) is 0. The number of ether oxygens (including phenoxy) is 1. The summed E-state index contributed by atoms with van der Waals surface area (Å²) in [5.41, 5.74) is 1.95. The quantitative estimate of drug-likeness (QED) is 0.751. The molecule has 80 valence electrons. The van der Waals surface area contributed by atoms with Crippen molar-refractivity contribution in [3.8, 4) is 0 Å². The zero-order chi connectivity index (χ0) is 11.4. The number of hydrogen-bond acceptors (Lipinski definition) is 3. The van der Waals surface area contributed by atoms with Crippen LogP contribution in [-0.2, 0) is 9.53 Å². The highest BCUT2D eigenvalue weighted by Gasteiger charge is 2.09. The van der Waals surface area contributed by atoms with Crippen LogP contribution in [0.25, 0.3) is 0 Å². The predicted octanol–water partition coefficient (Wildman–Crippen LogP) is 1.74. The number of esters is 1. The Morgan fingerprint density at radius 3 is 2.47 bits per heavy atom. The molecule has 0 aliphatic rings. The number of aryl methyl sites for hydroxylation is 1. The number of carbonyl (C=O) groups excluding carboxylic acids is 2. The van der Waals surface area contributed by atoms with Crippen molar-refractivity contribution in [1.82, 2.24) is 0 Å². The van der Waals surface area contributed by atoms with Crippen LogP contribution >= 0.6 is 0 Å². The van der Waals surface area contributed by atoms with E-state index >= 15 is 0 Å². The molecule has 0 heterocycles. The molecule has 0 radical (unpaired) electrons. The fourth-order valence-electron chi connectivity index (χ4n) is 1.28. The lowest BCUT2D eigenvalue weighted by molar-refractivity contribution is -0.114. The third-order valence-corrected chi connectivity index (χ3v) is 1.95. The Balaban J connectivity index is 2.97. The molecule has 1 rings (SSSR count). The standard InChI is InChI=1S/C11H13NO3/c1-7-6-9(12-8(2)13)4-5-10(7)11(14)15-3/h4-6H,1-3H3,(H,12,13). The van der Waals surface area contributed by atoms with Crippen LogP contribution in [0.2, 0.25) is 0 Å². The van der Waals surface area contributed by atoms with E-state index in [-0.39, 0.29) is 11.9 Å². The first-order chi connectivity index (χ1) is 7.04. The predicted molar refractivity (Wildman–Crippen MR) is 56.8 cm³/mol. The molecule has 1 N–H and O–H groups in total. The topological polar surface area (TPSA) is 55.4 Å². The van der Waals surface area contributed by atoms with Gasteiger partial charge in [-0.05, 0) is 30.7 Å². The molecule has 0 saturated heterocycles. The molecule has 0 atom stereocenters. The Labute approximate surface area is 88.2 Å². The van der Waals surface area contributed by atoms with Gasteiger partial charge in [0.15, 0.2) is 0 Å². The number of benzene rings is 1. The highest BCUT2D eigenvalue weighted by Crippen LogP contribution is 2.15. The van der Waals surface area contributed by atoms with Crippen molar-refractivity contribution in [2.45, 2.75) is 13.8 Å². The van der Waals surface area contributed by atoms with E-state index in [1.54, 1.807) is 25.1 Å². The maximum Gasteiger partial charge on any atom is 0.338 e. The summed E-state index contributed by atoms with van der Waals surface area (Å²) in [6.45, 7) is 3.22. The highest BCUT2D eigenvalue weighted by atomic mass is 16.5. The van der Waals surface area contributed by atoms with E-state index < -0.39 is 0 Å². The zero-order valence-corrected chi connectivity index (χ0v) is 8.96. The van der Waals surface area contributed by atoms with Crippen LogP contribution in [0.4, 0.5) is 5.69 Å². The molecule has 1 aromatic carbocycles. The summed E-state index contributed by atoms with van der Waals surface area (Å²) in [5.74, 6) is -0.512. The number of carbonyl (C=O) groups is 2. The Hall–Kier alpha value is -1.84. The Morgan fingerprint density at radius 1 is 1.33 bits per heavy atom. The highest BCUT2D eigenvalue weighted by molar-refractivity contribution is 5.93. The van der Waals surface area contributed by atoms with Gasteiger partial charge in [0, 0.05) is 12.6 Å². The zero-order valence-electron chi connectivity index (χ0n) is 8.96. The number of amides is 1. The van der Waals surface area contributed by atoms with Gasteiger partial charge >= 0.3 is 5.97 Å². The van der Waals surface area contributed by atoms with Gasteiger partial charge in [0.05, 0.1) is 12.7 Å². The Kier molecular flexibility index (Phi) is 3.44. The van der Waals surface area contributed by atoms with E-state index in [1.165, 1.54) is 14.0 Å². The van der Waals surface area contributed by atoms with Gasteiger partial charge in [0.25, 0.3) is 0 Å². The van der Waals surface area contributed by atoms with Crippen LogP contribution in [0.1, 0.15) is 22.8 Å². The number of hydrogen-bond donors (Lipinski definition) is 1. The largest absolute Gasteiger partial charge is 0.465 e. The maximum atomic E-state index is 11.3. The van der Waals surface area contributed by atoms with Crippen molar-refractivity contribution in [3.63, 3.8) is 0 Å². The first-order valence-corrected chi connectivity index (χ1v) is 4.51. The average Bonchev–Trinajstić information content (AvgIpc) is 2.16. The lowest BCUT2D eigenvalue weighted by Gasteiger charge is -2.06. The van der Waals surface area contributed by atoms with Gasteiger partial charge in [-0.3, -0.25) is 4.79 Å². The van der Waals surface area contributed by atoms with Gasteiger partial charge in [-0.15, -0.1) is 0 Å². The molecule has 1 amide bonds. The molecule has 4 nitrogen and oxygen atoms in total. The van der Waals surface area contributed by atoms with Gasteiger partial charge in [-0.1, -0.05) is 0 Å². The van der Waals surface area contributed by atoms with Crippen LogP contribution < -0.4 is 5.32 Å². The molecule has 0 spiro atoms. The van der Waals surface area contributed by atoms with E-state index in [0.29, 0.717) is 11.3 Å². The van der Waals surface area contributed by atoms with Crippen molar-refractivity contribution in [2.75, 3.05) is 12.4 Å². The second-order valence-electron chi connectivity index (χ2n) is 3.20. The molecule has 0 aromatic heterocycles. The fraction of sp³-hybridized carbons (Fsp3) is 0.273. The van der Waals surface area contributed by atoms with Crippen LogP contribution in [0.15, 0.2) is 18.2 Å². The minimum absolute atomic E-state index is 0.139. The van der Waals surface area contributed by atoms with Crippen molar-refractivity contribution in [2.24, 2.45) is 0 Å². The smallest absolute Gasteiger partial charge is 0.338 e. The van der Waals surface area contributed by atoms with E-state index in [4.69, 9.17) is 0 Å². The van der Waals surface area contributed by atoms with Crippen molar-refractivity contribution in [3.05, 3.63) is 29.3 Å². The third-order valence-electron chi connectivity index (χ3n) is 1.95. The van der Waals surface area contributed by atoms with E-state index in [9.17, 15) is 9.59 Å². The summed E-state index contributed by atoms with van der Waals surface area (Å²) < 4.78 is 4.61. The lowest BCUT2D eigenvalue weighted by atomic mass is 10.1. The molecule has 0 aliphatic carbocycles. The van der Waals surface area contributed by atoms with E-state index in [0.717, 1.165) is 5.56 Å². The molecule has 0 fully saturated rings. The van der Waals surface area contributed by atoms with Crippen LogP contribution in [0, 0.1) is 6.92 Å².